The van der Waals surface area contributed by atoms with Gasteiger partial charge in [0.1, 0.15) is 6.04 Å². The highest BCUT2D eigenvalue weighted by Gasteiger charge is 2.06. The lowest BCUT2D eigenvalue weighted by Gasteiger charge is -2.12. The van der Waals surface area contributed by atoms with Gasteiger partial charge in [-0.2, -0.15) is 17.0 Å². The Morgan fingerprint density at radius 2 is 2.38 bits per heavy atom. The zero-order chi connectivity index (χ0) is 11.8. The van der Waals surface area contributed by atoms with Gasteiger partial charge in [-0.1, -0.05) is 28.9 Å². The molecule has 0 saturated heterocycles. The minimum atomic E-state index is -0.103. The molecule has 16 heavy (non-hydrogen) atoms. The lowest BCUT2D eigenvalue weighted by atomic mass is 10.2. The summed E-state index contributed by atoms with van der Waals surface area (Å²) < 4.78 is 1.03. The number of anilines is 1. The third kappa shape index (κ3) is 4.91. The van der Waals surface area contributed by atoms with Crippen molar-refractivity contribution in [3.8, 4) is 6.07 Å². The smallest absolute Gasteiger partial charge is 0.115 e. The normalized spacial score (nSPS) is 11.8. The van der Waals surface area contributed by atoms with E-state index >= 15 is 0 Å². The molecule has 86 valence electrons. The number of nitrogens with zero attached hydrogens (tertiary/aromatic N) is 1. The molecule has 0 heterocycles. The van der Waals surface area contributed by atoms with E-state index < -0.39 is 0 Å². The standard InChI is InChI=1S/C12H15BrN2S/c1-2-16-7-6-12(9-14)15-11-5-3-4-10(13)8-11/h3-5,8,12,15H,2,6-7H2,1H3. The Kier molecular flexibility index (Phi) is 6.36. The van der Waals surface area contributed by atoms with E-state index in [4.69, 9.17) is 5.26 Å². The van der Waals surface area contributed by atoms with E-state index in [1.165, 1.54) is 0 Å². The topological polar surface area (TPSA) is 35.8 Å². The summed E-state index contributed by atoms with van der Waals surface area (Å²) >= 11 is 5.28. The summed E-state index contributed by atoms with van der Waals surface area (Å²) in [6, 6.07) is 10.1. The molecule has 1 atom stereocenters. The Hall–Kier alpha value is -0.660. The second-order valence-corrected chi connectivity index (χ2v) is 5.63. The van der Waals surface area contributed by atoms with Gasteiger partial charge in [-0.25, -0.2) is 0 Å². The van der Waals surface area contributed by atoms with Crippen LogP contribution in [0.2, 0.25) is 0 Å². The van der Waals surface area contributed by atoms with Crippen LogP contribution in [0.4, 0.5) is 5.69 Å². The minimum absolute atomic E-state index is 0.103. The van der Waals surface area contributed by atoms with Crippen LogP contribution in [0.25, 0.3) is 0 Å². The molecule has 1 aromatic carbocycles. The predicted molar refractivity (Wildman–Crippen MR) is 74.8 cm³/mol. The second kappa shape index (κ2) is 7.59. The maximum Gasteiger partial charge on any atom is 0.115 e. The van der Waals surface area contributed by atoms with Crippen LogP contribution >= 0.6 is 27.7 Å². The third-order valence-electron chi connectivity index (χ3n) is 2.08. The first-order chi connectivity index (χ1) is 7.76. The lowest BCUT2D eigenvalue weighted by Crippen LogP contribution is -2.18. The summed E-state index contributed by atoms with van der Waals surface area (Å²) in [4.78, 5) is 0. The van der Waals surface area contributed by atoms with Crippen molar-refractivity contribution in [3.63, 3.8) is 0 Å². The molecule has 0 aliphatic carbocycles. The van der Waals surface area contributed by atoms with Crippen LogP contribution in [0.15, 0.2) is 28.7 Å². The molecule has 1 unspecified atom stereocenters. The molecule has 2 nitrogen and oxygen atoms in total. The van der Waals surface area contributed by atoms with E-state index in [0.29, 0.717) is 0 Å². The predicted octanol–water partition coefficient (Wildman–Crippen LogP) is 3.90. The molecule has 0 aliphatic rings. The zero-order valence-corrected chi connectivity index (χ0v) is 11.6. The van der Waals surface area contributed by atoms with Crippen LogP contribution in [0.5, 0.6) is 0 Å². The first-order valence-corrected chi connectivity index (χ1v) is 7.20. The quantitative estimate of drug-likeness (QED) is 0.809. The van der Waals surface area contributed by atoms with Gasteiger partial charge in [-0.05, 0) is 36.1 Å². The Bertz CT molecular complexity index is 362. The number of nitrogens with one attached hydrogen (secondary N) is 1. The SMILES string of the molecule is CCSCCC(C#N)Nc1cccc(Br)c1. The van der Waals surface area contributed by atoms with E-state index in [-0.39, 0.29) is 6.04 Å². The molecule has 1 aromatic rings. The summed E-state index contributed by atoms with van der Waals surface area (Å²) in [6.07, 6.45) is 0.877. The van der Waals surface area contributed by atoms with E-state index in [1.54, 1.807) is 0 Å². The molecule has 0 aromatic heterocycles. The van der Waals surface area contributed by atoms with Crippen molar-refractivity contribution in [2.75, 3.05) is 16.8 Å². The number of nitriles is 1. The second-order valence-electron chi connectivity index (χ2n) is 3.32. The Balaban J connectivity index is 2.47. The Morgan fingerprint density at radius 3 is 3.00 bits per heavy atom. The molecule has 0 spiro atoms. The zero-order valence-electron chi connectivity index (χ0n) is 9.24. The summed E-state index contributed by atoms with van der Waals surface area (Å²) in [5.41, 5.74) is 0.988. The van der Waals surface area contributed by atoms with Gasteiger partial charge in [0, 0.05) is 10.2 Å². The molecule has 0 fully saturated rings. The van der Waals surface area contributed by atoms with Crippen molar-refractivity contribution in [3.05, 3.63) is 28.7 Å². The average molecular weight is 299 g/mol. The van der Waals surface area contributed by atoms with Gasteiger partial charge in [0.25, 0.3) is 0 Å². The number of rotatable bonds is 6. The van der Waals surface area contributed by atoms with E-state index in [0.717, 1.165) is 28.1 Å². The molecule has 0 amide bonds. The molecule has 0 aliphatic heterocycles. The van der Waals surface area contributed by atoms with E-state index in [2.05, 4.69) is 34.2 Å². The summed E-state index contributed by atoms with van der Waals surface area (Å²) in [5.74, 6) is 2.13. The van der Waals surface area contributed by atoms with Gasteiger partial charge in [0.15, 0.2) is 0 Å². The average Bonchev–Trinajstić information content (AvgIpc) is 2.28. The first kappa shape index (κ1) is 13.4. The fourth-order valence-electron chi connectivity index (χ4n) is 1.29. The molecule has 0 radical (unpaired) electrons. The fourth-order valence-corrected chi connectivity index (χ4v) is 2.38. The van der Waals surface area contributed by atoms with Crippen molar-refractivity contribution in [1.29, 1.82) is 5.26 Å². The Morgan fingerprint density at radius 1 is 1.56 bits per heavy atom. The van der Waals surface area contributed by atoms with Crippen LogP contribution < -0.4 is 5.32 Å². The minimum Gasteiger partial charge on any atom is -0.370 e. The van der Waals surface area contributed by atoms with Crippen molar-refractivity contribution in [2.24, 2.45) is 0 Å². The van der Waals surface area contributed by atoms with Crippen molar-refractivity contribution in [1.82, 2.24) is 0 Å². The van der Waals surface area contributed by atoms with Crippen LogP contribution in [0.1, 0.15) is 13.3 Å². The summed E-state index contributed by atoms with van der Waals surface area (Å²) in [7, 11) is 0. The maximum atomic E-state index is 9.02. The van der Waals surface area contributed by atoms with Crippen molar-refractivity contribution in [2.45, 2.75) is 19.4 Å². The highest BCUT2D eigenvalue weighted by Crippen LogP contribution is 2.17. The molecular weight excluding hydrogens is 284 g/mol. The van der Waals surface area contributed by atoms with Crippen LogP contribution in [-0.4, -0.2) is 17.5 Å². The molecular formula is C12H15BrN2S. The number of hydrogen-bond donors (Lipinski definition) is 1. The number of hydrogen-bond acceptors (Lipinski definition) is 3. The molecule has 0 saturated carbocycles. The molecule has 4 heteroatoms. The highest BCUT2D eigenvalue weighted by atomic mass is 79.9. The van der Waals surface area contributed by atoms with Gasteiger partial charge in [0.05, 0.1) is 6.07 Å². The molecule has 1 N–H and O–H groups in total. The number of benzene rings is 1. The lowest BCUT2D eigenvalue weighted by molar-refractivity contribution is 0.854. The molecule has 1 rings (SSSR count). The Labute approximate surface area is 110 Å². The fraction of sp³-hybridized carbons (Fsp3) is 0.417. The van der Waals surface area contributed by atoms with Gasteiger partial charge in [0.2, 0.25) is 0 Å². The number of thioether (sulfide) groups is 1. The van der Waals surface area contributed by atoms with Gasteiger partial charge < -0.3 is 5.32 Å². The third-order valence-corrected chi connectivity index (χ3v) is 3.50. The van der Waals surface area contributed by atoms with Crippen molar-refractivity contribution < 1.29 is 0 Å². The van der Waals surface area contributed by atoms with Crippen LogP contribution in [-0.2, 0) is 0 Å². The maximum absolute atomic E-state index is 9.02. The van der Waals surface area contributed by atoms with Gasteiger partial charge >= 0.3 is 0 Å². The van der Waals surface area contributed by atoms with Gasteiger partial charge in [-0.15, -0.1) is 0 Å². The van der Waals surface area contributed by atoms with Gasteiger partial charge in [-0.3, -0.25) is 0 Å². The van der Waals surface area contributed by atoms with E-state index in [9.17, 15) is 0 Å². The van der Waals surface area contributed by atoms with Crippen molar-refractivity contribution >= 4 is 33.4 Å². The summed E-state index contributed by atoms with van der Waals surface area (Å²) in [6.45, 7) is 2.13. The highest BCUT2D eigenvalue weighted by molar-refractivity contribution is 9.10. The monoisotopic (exact) mass is 298 g/mol. The van der Waals surface area contributed by atoms with Crippen LogP contribution in [0, 0.1) is 11.3 Å². The van der Waals surface area contributed by atoms with Crippen LogP contribution in [0.3, 0.4) is 0 Å². The summed E-state index contributed by atoms with van der Waals surface area (Å²) in [5, 5.41) is 12.2. The van der Waals surface area contributed by atoms with E-state index in [1.807, 2.05) is 36.0 Å². The number of halogens is 1. The largest absolute Gasteiger partial charge is 0.370 e. The molecule has 0 bridgehead atoms. The first-order valence-electron chi connectivity index (χ1n) is 5.25.